The van der Waals surface area contributed by atoms with Gasteiger partial charge in [0.15, 0.2) is 5.69 Å². The Bertz CT molecular complexity index is 989. The van der Waals surface area contributed by atoms with E-state index < -0.39 is 23.5 Å². The van der Waals surface area contributed by atoms with Gasteiger partial charge in [0, 0.05) is 38.0 Å². The summed E-state index contributed by atoms with van der Waals surface area (Å²) in [6.07, 6.45) is -3.08. The van der Waals surface area contributed by atoms with E-state index in [1.165, 1.54) is 13.2 Å². The normalized spacial score (nSPS) is 11.5. The van der Waals surface area contributed by atoms with E-state index in [-0.39, 0.29) is 29.8 Å². The van der Waals surface area contributed by atoms with Crippen molar-refractivity contribution in [2.75, 3.05) is 25.6 Å². The fourth-order valence-electron chi connectivity index (χ4n) is 2.42. The minimum absolute atomic E-state index is 0.0257. The Morgan fingerprint density at radius 2 is 1.77 bits per heavy atom. The van der Waals surface area contributed by atoms with Gasteiger partial charge in [-0.15, -0.1) is 5.10 Å². The first-order chi connectivity index (χ1) is 14.2. The predicted molar refractivity (Wildman–Crippen MR) is 95.8 cm³/mol. The zero-order chi connectivity index (χ0) is 21.7. The van der Waals surface area contributed by atoms with Crippen LogP contribution in [0.1, 0.15) is 12.1 Å². The van der Waals surface area contributed by atoms with Gasteiger partial charge in [-0.3, -0.25) is 0 Å². The van der Waals surface area contributed by atoms with E-state index >= 15 is 0 Å². The number of alkyl halides is 3. The van der Waals surface area contributed by atoms with Crippen LogP contribution in [0.2, 0.25) is 0 Å². The Morgan fingerprint density at radius 3 is 2.43 bits per heavy atom. The number of halogens is 5. The van der Waals surface area contributed by atoms with Crippen molar-refractivity contribution in [3.8, 4) is 11.6 Å². The summed E-state index contributed by atoms with van der Waals surface area (Å²) in [6, 6.07) is 4.78. The van der Waals surface area contributed by atoms with Crippen molar-refractivity contribution in [1.29, 1.82) is 0 Å². The molecule has 0 saturated carbocycles. The van der Waals surface area contributed by atoms with Crippen molar-refractivity contribution in [3.05, 3.63) is 54.0 Å². The van der Waals surface area contributed by atoms with E-state index in [0.29, 0.717) is 19.1 Å². The molecule has 7 nitrogen and oxygen atoms in total. The second-order valence-electron chi connectivity index (χ2n) is 6.04. The van der Waals surface area contributed by atoms with Gasteiger partial charge in [0.05, 0.1) is 12.3 Å². The minimum Gasteiger partial charge on any atom is -0.478 e. The predicted octanol–water partition coefficient (Wildman–Crippen LogP) is 4.12. The van der Waals surface area contributed by atoms with E-state index in [2.05, 4.69) is 20.4 Å². The zero-order valence-corrected chi connectivity index (χ0v) is 15.6. The molecule has 160 valence electrons. The zero-order valence-electron chi connectivity index (χ0n) is 15.6. The summed E-state index contributed by atoms with van der Waals surface area (Å²) >= 11 is 0. The molecule has 1 N–H and O–H groups in total. The van der Waals surface area contributed by atoms with E-state index in [1.54, 1.807) is 0 Å². The van der Waals surface area contributed by atoms with Crippen LogP contribution in [0.5, 0.6) is 5.88 Å². The molecule has 1 aromatic carbocycles. The third kappa shape index (κ3) is 5.63. The van der Waals surface area contributed by atoms with Gasteiger partial charge in [-0.25, -0.2) is 18.4 Å². The third-order valence-corrected chi connectivity index (χ3v) is 3.69. The van der Waals surface area contributed by atoms with Gasteiger partial charge in [0.25, 0.3) is 0 Å². The molecule has 0 amide bonds. The molecule has 3 aromatic rings. The average molecular weight is 429 g/mol. The number of benzene rings is 1. The van der Waals surface area contributed by atoms with Gasteiger partial charge >= 0.3 is 6.18 Å². The van der Waals surface area contributed by atoms with E-state index in [4.69, 9.17) is 9.47 Å². The summed E-state index contributed by atoms with van der Waals surface area (Å²) in [4.78, 5) is 7.35. The molecule has 0 spiro atoms. The van der Waals surface area contributed by atoms with E-state index in [9.17, 15) is 22.0 Å². The molecule has 0 aliphatic carbocycles. The molecule has 30 heavy (non-hydrogen) atoms. The van der Waals surface area contributed by atoms with Crippen LogP contribution < -0.4 is 10.1 Å². The highest BCUT2D eigenvalue weighted by atomic mass is 19.4. The molecule has 12 heteroatoms. The first kappa shape index (κ1) is 21.4. The molecular formula is C18H16F5N5O2. The number of nitrogens with one attached hydrogen (secondary N) is 1. The number of methoxy groups -OCH3 is 1. The quantitative estimate of drug-likeness (QED) is 0.429. The van der Waals surface area contributed by atoms with Gasteiger partial charge in [0.1, 0.15) is 18.0 Å². The summed E-state index contributed by atoms with van der Waals surface area (Å²) in [7, 11) is 1.49. The molecule has 3 rings (SSSR count). The molecule has 0 aliphatic rings. The van der Waals surface area contributed by atoms with Gasteiger partial charge < -0.3 is 14.8 Å². The fraction of sp³-hybridized carbons (Fsp3) is 0.278. The molecule has 0 radical (unpaired) electrons. The van der Waals surface area contributed by atoms with Crippen molar-refractivity contribution in [2.45, 2.75) is 12.6 Å². The number of rotatable bonds is 8. The lowest BCUT2D eigenvalue weighted by molar-refractivity contribution is -0.141. The Hall–Kier alpha value is -3.28. The van der Waals surface area contributed by atoms with Crippen LogP contribution in [-0.4, -0.2) is 40.1 Å². The number of pyridine rings is 1. The largest absolute Gasteiger partial charge is 0.478 e. The maximum absolute atomic E-state index is 13.4. The Labute approximate surface area is 167 Å². The average Bonchev–Trinajstić information content (AvgIpc) is 3.12. The highest BCUT2D eigenvalue weighted by Gasteiger charge is 2.33. The maximum Gasteiger partial charge on any atom is 0.433 e. The van der Waals surface area contributed by atoms with Crippen LogP contribution in [0, 0.1) is 11.6 Å². The van der Waals surface area contributed by atoms with Crippen molar-refractivity contribution in [1.82, 2.24) is 19.7 Å². The highest BCUT2D eigenvalue weighted by Crippen LogP contribution is 2.32. The van der Waals surface area contributed by atoms with Crippen LogP contribution in [-0.2, 0) is 10.9 Å². The van der Waals surface area contributed by atoms with Crippen LogP contribution in [0.25, 0.3) is 5.69 Å². The topological polar surface area (TPSA) is 74.1 Å². The Balaban J connectivity index is 1.82. The minimum atomic E-state index is -4.70. The summed E-state index contributed by atoms with van der Waals surface area (Å²) in [6.45, 7) is 0.492. The molecule has 2 heterocycles. The molecule has 0 aliphatic heterocycles. The van der Waals surface area contributed by atoms with Gasteiger partial charge in [-0.2, -0.15) is 18.2 Å². The number of aromatic nitrogens is 4. The van der Waals surface area contributed by atoms with Gasteiger partial charge in [0.2, 0.25) is 11.8 Å². The first-order valence-corrected chi connectivity index (χ1v) is 8.61. The fourth-order valence-corrected chi connectivity index (χ4v) is 2.42. The summed E-state index contributed by atoms with van der Waals surface area (Å²) in [5.74, 6) is -1.96. The highest BCUT2D eigenvalue weighted by molar-refractivity contribution is 5.55. The van der Waals surface area contributed by atoms with Crippen LogP contribution in [0.4, 0.5) is 33.6 Å². The lowest BCUT2D eigenvalue weighted by Crippen LogP contribution is -2.11. The second-order valence-corrected chi connectivity index (χ2v) is 6.04. The molecular weight excluding hydrogens is 413 g/mol. The van der Waals surface area contributed by atoms with Crippen molar-refractivity contribution in [3.63, 3.8) is 0 Å². The van der Waals surface area contributed by atoms with E-state index in [1.807, 2.05) is 0 Å². The monoisotopic (exact) mass is 429 g/mol. The van der Waals surface area contributed by atoms with Crippen molar-refractivity contribution < 1.29 is 31.4 Å². The number of hydrogen-bond donors (Lipinski definition) is 1. The number of hydrogen-bond acceptors (Lipinski definition) is 6. The Kier molecular flexibility index (Phi) is 6.45. The van der Waals surface area contributed by atoms with Crippen molar-refractivity contribution in [2.24, 2.45) is 0 Å². The lowest BCUT2D eigenvalue weighted by Gasteiger charge is -2.12. The second kappa shape index (κ2) is 9.03. The standard InChI is InChI=1S/C18H16F5N5O2/c1-29-3-2-4-30-16-9-13(8-15(26-16)18(21,22)23)25-17-24-10-28(27-17)14-6-11(19)5-12(20)7-14/h5-10H,2-4H2,1H3,(H,25,26,27). The van der Waals surface area contributed by atoms with Gasteiger partial charge in [-0.1, -0.05) is 0 Å². The SMILES string of the molecule is COCCCOc1cc(Nc2ncn(-c3cc(F)cc(F)c3)n2)cc(C(F)(F)F)n1. The smallest absolute Gasteiger partial charge is 0.433 e. The molecule has 2 aromatic heterocycles. The van der Waals surface area contributed by atoms with Crippen LogP contribution in [0.15, 0.2) is 36.7 Å². The van der Waals surface area contributed by atoms with Gasteiger partial charge in [-0.05, 0) is 18.2 Å². The Morgan fingerprint density at radius 1 is 1.03 bits per heavy atom. The molecule has 0 saturated heterocycles. The maximum atomic E-state index is 13.4. The van der Waals surface area contributed by atoms with Crippen molar-refractivity contribution >= 4 is 11.6 Å². The summed E-state index contributed by atoms with van der Waals surface area (Å²) < 4.78 is 77.4. The van der Waals surface area contributed by atoms with E-state index in [0.717, 1.165) is 29.2 Å². The summed E-state index contributed by atoms with van der Waals surface area (Å²) in [5.41, 5.74) is -1.14. The number of nitrogens with zero attached hydrogens (tertiary/aromatic N) is 4. The molecule has 0 fully saturated rings. The first-order valence-electron chi connectivity index (χ1n) is 8.61. The number of ether oxygens (including phenoxy) is 2. The molecule has 0 atom stereocenters. The van der Waals surface area contributed by atoms with Crippen LogP contribution >= 0.6 is 0 Å². The molecule has 0 unspecified atom stereocenters. The van der Waals surface area contributed by atoms with Crippen LogP contribution in [0.3, 0.4) is 0 Å². The summed E-state index contributed by atoms with van der Waals surface area (Å²) in [5, 5.41) is 6.57. The third-order valence-electron chi connectivity index (χ3n) is 3.69. The lowest BCUT2D eigenvalue weighted by atomic mass is 10.3. The molecule has 0 bridgehead atoms. The number of anilines is 2.